The molecule has 0 heterocycles. The molecule has 0 saturated carbocycles. The van der Waals surface area contributed by atoms with Gasteiger partial charge in [-0.1, -0.05) is 73.1 Å². The van der Waals surface area contributed by atoms with Crippen molar-refractivity contribution in [3.8, 4) is 0 Å². The largest absolute Gasteiger partial charge is 0.313 e. The molecule has 0 aliphatic heterocycles. The van der Waals surface area contributed by atoms with Crippen molar-refractivity contribution in [2.75, 3.05) is 40.3 Å². The molecule has 0 aromatic carbocycles. The van der Waals surface area contributed by atoms with Gasteiger partial charge in [-0.25, -0.2) is 0 Å². The lowest BCUT2D eigenvalue weighted by molar-refractivity contribution is -0.0994. The van der Waals surface area contributed by atoms with Crippen LogP contribution in [0.3, 0.4) is 0 Å². The average molecular weight is 343 g/mol. The SMILES string of the molecule is CCCCCCCCC(NC)C(NC)(N(CC)CC)N(CC)CC. The summed E-state index contributed by atoms with van der Waals surface area (Å²) < 4.78 is 0. The Morgan fingerprint density at radius 1 is 0.708 bits per heavy atom. The standard InChI is InChI=1S/C20H46N4/c1-8-13-14-15-16-17-18-19(21-6)20(22-7,23(9-2)10-3)24(11-4)12-5/h19,21-22H,8-18H2,1-7H3. The molecular weight excluding hydrogens is 296 g/mol. The minimum Gasteiger partial charge on any atom is -0.313 e. The van der Waals surface area contributed by atoms with Crippen molar-refractivity contribution in [2.45, 2.75) is 91.4 Å². The summed E-state index contributed by atoms with van der Waals surface area (Å²) >= 11 is 0. The molecule has 0 rings (SSSR count). The zero-order valence-corrected chi connectivity index (χ0v) is 17.7. The zero-order valence-electron chi connectivity index (χ0n) is 17.7. The van der Waals surface area contributed by atoms with Crippen molar-refractivity contribution in [1.82, 2.24) is 20.4 Å². The second-order valence-corrected chi connectivity index (χ2v) is 6.72. The number of nitrogens with one attached hydrogen (secondary N) is 2. The van der Waals surface area contributed by atoms with Crippen LogP contribution in [0.15, 0.2) is 0 Å². The normalized spacial score (nSPS) is 13.9. The monoisotopic (exact) mass is 342 g/mol. The van der Waals surface area contributed by atoms with E-state index in [0.717, 1.165) is 26.2 Å². The molecule has 146 valence electrons. The van der Waals surface area contributed by atoms with E-state index in [1.54, 1.807) is 0 Å². The third kappa shape index (κ3) is 6.29. The molecule has 0 amide bonds. The molecule has 0 bridgehead atoms. The summed E-state index contributed by atoms with van der Waals surface area (Å²) in [6.07, 6.45) is 9.37. The average Bonchev–Trinajstić information content (AvgIpc) is 2.61. The van der Waals surface area contributed by atoms with E-state index in [4.69, 9.17) is 0 Å². The third-order valence-electron chi connectivity index (χ3n) is 5.54. The Morgan fingerprint density at radius 3 is 1.54 bits per heavy atom. The minimum atomic E-state index is -0.106. The van der Waals surface area contributed by atoms with E-state index in [0.29, 0.717) is 6.04 Å². The molecule has 1 unspecified atom stereocenters. The molecule has 0 fully saturated rings. The van der Waals surface area contributed by atoms with Gasteiger partial charge in [0.2, 0.25) is 0 Å². The van der Waals surface area contributed by atoms with Gasteiger partial charge in [0.05, 0.1) is 6.04 Å². The van der Waals surface area contributed by atoms with Crippen molar-refractivity contribution in [3.63, 3.8) is 0 Å². The fourth-order valence-electron chi connectivity index (χ4n) is 4.22. The Hall–Kier alpha value is -0.160. The summed E-state index contributed by atoms with van der Waals surface area (Å²) in [5.74, 6) is -0.106. The van der Waals surface area contributed by atoms with Crippen LogP contribution in [-0.4, -0.2) is 61.9 Å². The lowest BCUT2D eigenvalue weighted by Gasteiger charge is -2.54. The fraction of sp³-hybridized carbons (Fsp3) is 1.00. The van der Waals surface area contributed by atoms with E-state index in [-0.39, 0.29) is 5.79 Å². The number of hydrogen-bond donors (Lipinski definition) is 2. The number of rotatable bonds is 16. The highest BCUT2D eigenvalue weighted by Crippen LogP contribution is 2.25. The van der Waals surface area contributed by atoms with Crippen LogP contribution in [0, 0.1) is 0 Å². The summed E-state index contributed by atoms with van der Waals surface area (Å²) in [4.78, 5) is 5.16. The molecule has 4 heteroatoms. The summed E-state index contributed by atoms with van der Waals surface area (Å²) in [5.41, 5.74) is 0. The smallest absolute Gasteiger partial charge is 0.144 e. The maximum absolute atomic E-state index is 3.72. The Morgan fingerprint density at radius 2 is 1.17 bits per heavy atom. The van der Waals surface area contributed by atoms with Crippen LogP contribution in [0.1, 0.15) is 79.6 Å². The summed E-state index contributed by atoms with van der Waals surface area (Å²) in [6, 6.07) is 0.425. The van der Waals surface area contributed by atoms with Crippen LogP contribution in [0.5, 0.6) is 0 Å². The predicted octanol–water partition coefficient (Wildman–Crippen LogP) is 3.88. The molecular formula is C20H46N4. The van der Waals surface area contributed by atoms with E-state index in [1.165, 1.54) is 44.9 Å². The third-order valence-corrected chi connectivity index (χ3v) is 5.54. The van der Waals surface area contributed by atoms with Crippen molar-refractivity contribution in [3.05, 3.63) is 0 Å². The number of unbranched alkanes of at least 4 members (excludes halogenated alkanes) is 5. The highest BCUT2D eigenvalue weighted by molar-refractivity contribution is 4.96. The predicted molar refractivity (Wildman–Crippen MR) is 108 cm³/mol. The van der Waals surface area contributed by atoms with Gasteiger partial charge in [0.15, 0.2) is 0 Å². The molecule has 0 aliphatic rings. The van der Waals surface area contributed by atoms with Crippen molar-refractivity contribution < 1.29 is 0 Å². The first kappa shape index (κ1) is 23.8. The van der Waals surface area contributed by atoms with Crippen molar-refractivity contribution >= 4 is 0 Å². The Kier molecular flexibility index (Phi) is 14.0. The first-order chi connectivity index (χ1) is 11.6. The van der Waals surface area contributed by atoms with Gasteiger partial charge in [0.25, 0.3) is 0 Å². The van der Waals surface area contributed by atoms with Crippen LogP contribution in [0.25, 0.3) is 0 Å². The second-order valence-electron chi connectivity index (χ2n) is 6.72. The summed E-state index contributed by atoms with van der Waals surface area (Å²) in [7, 11) is 4.25. The Balaban J connectivity index is 5.11. The van der Waals surface area contributed by atoms with Crippen LogP contribution in [-0.2, 0) is 0 Å². The molecule has 24 heavy (non-hydrogen) atoms. The molecule has 0 aliphatic carbocycles. The van der Waals surface area contributed by atoms with Crippen LogP contribution < -0.4 is 10.6 Å². The highest BCUT2D eigenvalue weighted by atomic mass is 15.5. The van der Waals surface area contributed by atoms with Gasteiger partial charge in [-0.2, -0.15) is 0 Å². The number of hydrogen-bond acceptors (Lipinski definition) is 4. The van der Waals surface area contributed by atoms with Gasteiger partial charge in [-0.3, -0.25) is 15.1 Å². The molecule has 2 N–H and O–H groups in total. The lowest BCUT2D eigenvalue weighted by atomic mass is 9.97. The van der Waals surface area contributed by atoms with Gasteiger partial charge in [-0.15, -0.1) is 0 Å². The summed E-state index contributed by atoms with van der Waals surface area (Å²) in [5, 5.41) is 7.37. The van der Waals surface area contributed by atoms with Crippen molar-refractivity contribution in [1.29, 1.82) is 0 Å². The number of nitrogens with zero attached hydrogens (tertiary/aromatic N) is 2. The molecule has 1 atom stereocenters. The molecule has 0 radical (unpaired) electrons. The summed E-state index contributed by atoms with van der Waals surface area (Å²) in [6.45, 7) is 15.6. The molecule has 0 aromatic rings. The van der Waals surface area contributed by atoms with Gasteiger partial charge in [-0.05, 0) is 46.7 Å². The van der Waals surface area contributed by atoms with Crippen LogP contribution in [0.2, 0.25) is 0 Å². The lowest BCUT2D eigenvalue weighted by Crippen LogP contribution is -2.76. The maximum atomic E-state index is 3.72. The Labute approximate surface area is 152 Å². The van der Waals surface area contributed by atoms with Crippen LogP contribution in [0.4, 0.5) is 0 Å². The highest BCUT2D eigenvalue weighted by Gasteiger charge is 2.44. The minimum absolute atomic E-state index is 0.106. The van der Waals surface area contributed by atoms with Crippen LogP contribution >= 0.6 is 0 Å². The fourth-order valence-corrected chi connectivity index (χ4v) is 4.22. The second kappa shape index (κ2) is 14.1. The van der Waals surface area contributed by atoms with E-state index in [9.17, 15) is 0 Å². The van der Waals surface area contributed by atoms with Crippen molar-refractivity contribution in [2.24, 2.45) is 0 Å². The van der Waals surface area contributed by atoms with E-state index >= 15 is 0 Å². The van der Waals surface area contributed by atoms with Gasteiger partial charge in [0, 0.05) is 0 Å². The van der Waals surface area contributed by atoms with E-state index in [1.807, 2.05) is 0 Å². The topological polar surface area (TPSA) is 30.5 Å². The zero-order chi connectivity index (χ0) is 18.4. The first-order valence-electron chi connectivity index (χ1n) is 10.5. The first-order valence-corrected chi connectivity index (χ1v) is 10.5. The maximum Gasteiger partial charge on any atom is 0.144 e. The molecule has 0 aromatic heterocycles. The van der Waals surface area contributed by atoms with E-state index < -0.39 is 0 Å². The van der Waals surface area contributed by atoms with E-state index in [2.05, 4.69) is 69.1 Å². The molecule has 0 saturated heterocycles. The Bertz CT molecular complexity index is 263. The molecule has 4 nitrogen and oxygen atoms in total. The van der Waals surface area contributed by atoms with Gasteiger partial charge >= 0.3 is 0 Å². The molecule has 0 spiro atoms. The quantitative estimate of drug-likeness (QED) is 0.329. The van der Waals surface area contributed by atoms with Gasteiger partial charge < -0.3 is 5.32 Å². The van der Waals surface area contributed by atoms with Gasteiger partial charge in [0.1, 0.15) is 5.79 Å². The number of likely N-dealkylation sites (N-methyl/N-ethyl adjacent to an activating group) is 4.